The fourth-order valence-corrected chi connectivity index (χ4v) is 4.53. The number of hydrogen-bond acceptors (Lipinski definition) is 3. The average Bonchev–Trinajstić information content (AvgIpc) is 2.63. The summed E-state index contributed by atoms with van der Waals surface area (Å²) < 4.78 is 21.9. The van der Waals surface area contributed by atoms with Gasteiger partial charge in [0.05, 0.1) is 5.90 Å². The minimum atomic E-state index is -3.39. The normalized spacial score (nSPS) is 25.3. The Kier molecular flexibility index (Phi) is 14.6. The van der Waals surface area contributed by atoms with Crippen molar-refractivity contribution in [2.75, 3.05) is 5.90 Å². The van der Waals surface area contributed by atoms with E-state index < -0.39 is 13.9 Å². The number of allylic oxidation sites excluding steroid dienone is 10. The first-order valence-corrected chi connectivity index (χ1v) is 12.7. The van der Waals surface area contributed by atoms with Crippen molar-refractivity contribution in [1.82, 2.24) is 0 Å². The van der Waals surface area contributed by atoms with Crippen molar-refractivity contribution in [3.8, 4) is 0 Å². The summed E-state index contributed by atoms with van der Waals surface area (Å²) in [7, 11) is -3.32. The highest BCUT2D eigenvalue weighted by molar-refractivity contribution is 7.63. The molecule has 0 aromatic heterocycles. The van der Waals surface area contributed by atoms with Gasteiger partial charge in [-0.3, -0.25) is 9.09 Å². The maximum absolute atomic E-state index is 11.5. The van der Waals surface area contributed by atoms with Crippen LogP contribution in [-0.4, -0.2) is 17.1 Å². The van der Waals surface area contributed by atoms with Crippen LogP contribution >= 0.6 is 16.4 Å². The minimum Gasteiger partial charge on any atom is -0.332 e. The summed E-state index contributed by atoms with van der Waals surface area (Å²) in [6.07, 6.45) is 28.8. The van der Waals surface area contributed by atoms with Crippen LogP contribution in [0.25, 0.3) is 0 Å². The molecule has 6 heteroatoms. The highest BCUT2D eigenvalue weighted by Crippen LogP contribution is 2.54. The molecule has 0 saturated carbocycles. The Labute approximate surface area is 166 Å². The first kappa shape index (κ1) is 24.3. The lowest BCUT2D eigenvalue weighted by molar-refractivity contribution is -0.00360. The molecule has 152 valence electrons. The summed E-state index contributed by atoms with van der Waals surface area (Å²) in [6.45, 7) is 2.15. The van der Waals surface area contributed by atoms with E-state index in [0.29, 0.717) is 6.42 Å². The summed E-state index contributed by atoms with van der Waals surface area (Å²) >= 11 is 0. The third-order valence-corrected chi connectivity index (χ3v) is 6.84. The van der Waals surface area contributed by atoms with Crippen LogP contribution in [0.4, 0.5) is 0 Å². The molecule has 1 fully saturated rings. The Hall–Kier alpha value is -0.760. The van der Waals surface area contributed by atoms with E-state index in [0.717, 1.165) is 44.9 Å². The van der Waals surface area contributed by atoms with Crippen LogP contribution in [0, 0.1) is 0 Å². The molecule has 1 aliphatic heterocycles. The Bertz CT molecular complexity index is 565. The molecule has 4 nitrogen and oxygen atoms in total. The molecule has 0 radical (unpaired) electrons. The highest BCUT2D eigenvalue weighted by Gasteiger charge is 2.30. The van der Waals surface area contributed by atoms with Crippen LogP contribution in [-0.2, 0) is 13.6 Å². The van der Waals surface area contributed by atoms with Crippen LogP contribution in [0.3, 0.4) is 0 Å². The molecule has 1 heterocycles. The Morgan fingerprint density at radius 3 is 1.96 bits per heavy atom. The predicted octanol–water partition coefficient (Wildman–Crippen LogP) is 7.02. The van der Waals surface area contributed by atoms with Crippen LogP contribution < -0.4 is 0 Å². The molecular formula is C21H34O4P2. The second-order valence-electron chi connectivity index (χ2n) is 6.23. The summed E-state index contributed by atoms with van der Waals surface area (Å²) in [5.41, 5.74) is 0. The minimum absolute atomic E-state index is 0.0669. The molecule has 1 N–H and O–H groups in total. The van der Waals surface area contributed by atoms with Gasteiger partial charge in [0.25, 0.3) is 0 Å². The smallest absolute Gasteiger partial charge is 0.332 e. The standard InChI is InChI=1S/C21H34O4P2/c1-2-3-4-5-6-7-8-9-10-11-12-13-14-15-16-17-18-19-21-24-26-20-27(22,23)25-21/h3-4,6-7,9-10,12-13,15-16,21,26H,2,5,8,11,14,17-20H2,1H3,(H,22,23)/b4-3-,7-6-,10-9-,13-12-,16-15-. The molecule has 0 amide bonds. The molecule has 0 aromatic carbocycles. The lowest BCUT2D eigenvalue weighted by Gasteiger charge is -2.26. The van der Waals surface area contributed by atoms with E-state index in [1.807, 2.05) is 0 Å². The third kappa shape index (κ3) is 14.9. The van der Waals surface area contributed by atoms with Crippen molar-refractivity contribution in [3.63, 3.8) is 0 Å². The quantitative estimate of drug-likeness (QED) is 0.201. The fraction of sp³-hybridized carbons (Fsp3) is 0.524. The Balaban J connectivity index is 1.96. The molecule has 0 spiro atoms. The van der Waals surface area contributed by atoms with Gasteiger partial charge in [0.2, 0.25) is 0 Å². The largest absolute Gasteiger partial charge is 0.336 e. The van der Waals surface area contributed by atoms with E-state index >= 15 is 0 Å². The number of hydrogen-bond donors (Lipinski definition) is 1. The summed E-state index contributed by atoms with van der Waals surface area (Å²) in [5, 5.41) is 0. The lowest BCUT2D eigenvalue weighted by Crippen LogP contribution is -2.16. The first-order valence-electron chi connectivity index (χ1n) is 9.77. The van der Waals surface area contributed by atoms with E-state index in [2.05, 4.69) is 67.7 Å². The van der Waals surface area contributed by atoms with Gasteiger partial charge in [-0.25, -0.2) is 0 Å². The van der Waals surface area contributed by atoms with Gasteiger partial charge in [-0.15, -0.1) is 0 Å². The van der Waals surface area contributed by atoms with Gasteiger partial charge in [-0.2, -0.15) is 0 Å². The summed E-state index contributed by atoms with van der Waals surface area (Å²) in [6, 6.07) is 0. The highest BCUT2D eigenvalue weighted by atomic mass is 31.2. The van der Waals surface area contributed by atoms with E-state index in [9.17, 15) is 9.46 Å². The van der Waals surface area contributed by atoms with Crippen LogP contribution in [0.2, 0.25) is 0 Å². The Morgan fingerprint density at radius 1 is 0.926 bits per heavy atom. The third-order valence-electron chi connectivity index (χ3n) is 3.73. The molecule has 27 heavy (non-hydrogen) atoms. The van der Waals surface area contributed by atoms with Gasteiger partial charge in [0, 0.05) is 8.81 Å². The molecule has 0 bridgehead atoms. The second-order valence-corrected chi connectivity index (χ2v) is 9.51. The van der Waals surface area contributed by atoms with Gasteiger partial charge in [0.15, 0.2) is 6.29 Å². The number of unbranched alkanes of at least 4 members (excludes halogenated alkanes) is 1. The van der Waals surface area contributed by atoms with Crippen molar-refractivity contribution in [2.45, 2.75) is 64.6 Å². The van der Waals surface area contributed by atoms with Crippen LogP contribution in [0.1, 0.15) is 58.3 Å². The maximum Gasteiger partial charge on any atom is 0.336 e. The zero-order valence-corrected chi connectivity index (χ0v) is 18.2. The molecular weight excluding hydrogens is 378 g/mol. The Morgan fingerprint density at radius 2 is 1.44 bits per heavy atom. The van der Waals surface area contributed by atoms with E-state index in [1.54, 1.807) is 0 Å². The molecule has 3 unspecified atom stereocenters. The van der Waals surface area contributed by atoms with Crippen LogP contribution in [0.5, 0.6) is 0 Å². The van der Waals surface area contributed by atoms with E-state index in [-0.39, 0.29) is 14.7 Å². The van der Waals surface area contributed by atoms with Crippen molar-refractivity contribution in [2.24, 2.45) is 0 Å². The van der Waals surface area contributed by atoms with Crippen molar-refractivity contribution >= 4 is 16.4 Å². The SMILES string of the molecule is CC/C=C\C/C=C\C/C=C\C/C=C\C/C=C\CCCC1OPCP(=O)(O)O1. The van der Waals surface area contributed by atoms with Gasteiger partial charge in [-0.1, -0.05) is 67.7 Å². The molecule has 1 aliphatic rings. The molecule has 0 aromatic rings. The van der Waals surface area contributed by atoms with Crippen molar-refractivity contribution in [1.29, 1.82) is 0 Å². The van der Waals surface area contributed by atoms with Gasteiger partial charge < -0.3 is 9.42 Å². The topological polar surface area (TPSA) is 55.8 Å². The predicted molar refractivity (Wildman–Crippen MR) is 117 cm³/mol. The fourth-order valence-electron chi connectivity index (χ4n) is 2.34. The molecule has 3 atom stereocenters. The van der Waals surface area contributed by atoms with E-state index in [1.165, 1.54) is 0 Å². The first-order chi connectivity index (χ1) is 13.1. The monoisotopic (exact) mass is 412 g/mol. The average molecular weight is 412 g/mol. The van der Waals surface area contributed by atoms with Crippen molar-refractivity contribution in [3.05, 3.63) is 60.8 Å². The zero-order valence-electron chi connectivity index (χ0n) is 16.3. The van der Waals surface area contributed by atoms with Gasteiger partial charge in [0.1, 0.15) is 0 Å². The zero-order chi connectivity index (χ0) is 19.6. The maximum atomic E-state index is 11.5. The van der Waals surface area contributed by atoms with Gasteiger partial charge >= 0.3 is 7.60 Å². The van der Waals surface area contributed by atoms with E-state index in [4.69, 9.17) is 9.05 Å². The van der Waals surface area contributed by atoms with Gasteiger partial charge in [-0.05, 0) is 51.4 Å². The summed E-state index contributed by atoms with van der Waals surface area (Å²) in [5.74, 6) is 0.123. The lowest BCUT2D eigenvalue weighted by atomic mass is 10.2. The molecule has 1 rings (SSSR count). The summed E-state index contributed by atoms with van der Waals surface area (Å²) in [4.78, 5) is 9.42. The van der Waals surface area contributed by atoms with Crippen molar-refractivity contribution < 1.29 is 18.5 Å². The van der Waals surface area contributed by atoms with Crippen LogP contribution in [0.15, 0.2) is 60.8 Å². The second kappa shape index (κ2) is 16.2. The number of rotatable bonds is 13. The molecule has 1 saturated heterocycles. The molecule has 0 aliphatic carbocycles.